The molecule has 6 heteroatoms. The summed E-state index contributed by atoms with van der Waals surface area (Å²) in [5.41, 5.74) is 0.306. The van der Waals surface area contributed by atoms with E-state index in [1.807, 2.05) is 14.0 Å². The van der Waals surface area contributed by atoms with Gasteiger partial charge in [0.25, 0.3) is 0 Å². The number of aryl methyl sites for hydroxylation is 1. The van der Waals surface area contributed by atoms with Gasteiger partial charge in [-0.2, -0.15) is 13.2 Å². The molecule has 0 radical (unpaired) electrons. The van der Waals surface area contributed by atoms with Crippen LogP contribution in [0.1, 0.15) is 18.1 Å². The molecule has 0 unspecified atom stereocenters. The van der Waals surface area contributed by atoms with Crippen molar-refractivity contribution in [1.82, 2.24) is 4.90 Å². The molecule has 0 saturated heterocycles. The van der Waals surface area contributed by atoms with Crippen molar-refractivity contribution in [3.8, 4) is 0 Å². The number of nitrogens with zero attached hydrogens (tertiary/aromatic N) is 2. The molecule has 0 saturated carbocycles. The van der Waals surface area contributed by atoms with Gasteiger partial charge in [-0.15, -0.1) is 0 Å². The van der Waals surface area contributed by atoms with Gasteiger partial charge in [0.1, 0.15) is 0 Å². The van der Waals surface area contributed by atoms with Crippen LogP contribution in [0.25, 0.3) is 0 Å². The van der Waals surface area contributed by atoms with E-state index in [4.69, 9.17) is 0 Å². The van der Waals surface area contributed by atoms with Crippen molar-refractivity contribution in [3.05, 3.63) is 27.7 Å². The molecule has 0 spiro atoms. The molecule has 0 aliphatic heterocycles. The standard InChI is InChI=1S/C12H14BrF3N2/c1-4-18(3)7-17-11-6-9(12(14,15)16)10(13)5-8(11)2/h5-7H,4H2,1-3H3. The number of aliphatic imine (C=N–C) groups is 1. The Hall–Kier alpha value is -1.04. The lowest BCUT2D eigenvalue weighted by molar-refractivity contribution is -0.138. The first kappa shape index (κ1) is 15.0. The lowest BCUT2D eigenvalue weighted by Gasteiger charge is -2.13. The van der Waals surface area contributed by atoms with Gasteiger partial charge in [-0.1, -0.05) is 15.9 Å². The minimum atomic E-state index is -4.38. The molecule has 0 bridgehead atoms. The van der Waals surface area contributed by atoms with E-state index in [9.17, 15) is 13.2 Å². The Bertz CT molecular complexity index is 455. The number of hydrogen-bond donors (Lipinski definition) is 0. The first-order valence-corrected chi connectivity index (χ1v) is 6.16. The maximum atomic E-state index is 12.7. The SMILES string of the molecule is CCN(C)C=Nc1cc(C(F)(F)F)c(Br)cc1C. The molecule has 0 aliphatic carbocycles. The Morgan fingerprint density at radius 1 is 1.39 bits per heavy atom. The summed E-state index contributed by atoms with van der Waals surface area (Å²) in [5.74, 6) is 0. The van der Waals surface area contributed by atoms with E-state index in [-0.39, 0.29) is 4.47 Å². The molecule has 0 atom stereocenters. The van der Waals surface area contributed by atoms with Crippen LogP contribution in [-0.4, -0.2) is 24.8 Å². The molecule has 0 aliphatic rings. The minimum Gasteiger partial charge on any atom is -0.366 e. The third-order valence-electron chi connectivity index (χ3n) is 2.48. The van der Waals surface area contributed by atoms with Gasteiger partial charge in [0.15, 0.2) is 0 Å². The van der Waals surface area contributed by atoms with Crippen LogP contribution in [0.15, 0.2) is 21.6 Å². The fourth-order valence-corrected chi connectivity index (χ4v) is 1.94. The van der Waals surface area contributed by atoms with E-state index in [1.165, 1.54) is 12.4 Å². The van der Waals surface area contributed by atoms with Crippen LogP contribution in [0.5, 0.6) is 0 Å². The molecule has 1 aromatic rings. The van der Waals surface area contributed by atoms with Crippen molar-refractivity contribution in [2.24, 2.45) is 4.99 Å². The zero-order chi connectivity index (χ0) is 13.9. The highest BCUT2D eigenvalue weighted by atomic mass is 79.9. The van der Waals surface area contributed by atoms with Crippen LogP contribution in [0, 0.1) is 6.92 Å². The maximum absolute atomic E-state index is 12.7. The highest BCUT2D eigenvalue weighted by Gasteiger charge is 2.33. The fraction of sp³-hybridized carbons (Fsp3) is 0.417. The van der Waals surface area contributed by atoms with E-state index in [0.29, 0.717) is 11.3 Å². The maximum Gasteiger partial charge on any atom is 0.417 e. The monoisotopic (exact) mass is 322 g/mol. The Labute approximate surface area is 113 Å². The average molecular weight is 323 g/mol. The van der Waals surface area contributed by atoms with Gasteiger partial charge >= 0.3 is 6.18 Å². The molecule has 0 fully saturated rings. The molecule has 18 heavy (non-hydrogen) atoms. The van der Waals surface area contributed by atoms with Crippen LogP contribution in [0.2, 0.25) is 0 Å². The molecule has 0 heterocycles. The van der Waals surface area contributed by atoms with Crippen molar-refractivity contribution in [2.45, 2.75) is 20.0 Å². The van der Waals surface area contributed by atoms with Crippen LogP contribution < -0.4 is 0 Å². The van der Waals surface area contributed by atoms with Gasteiger partial charge in [0.05, 0.1) is 17.6 Å². The predicted molar refractivity (Wildman–Crippen MR) is 70.3 cm³/mol. The van der Waals surface area contributed by atoms with Gasteiger partial charge in [-0.3, -0.25) is 0 Å². The predicted octanol–water partition coefficient (Wildman–Crippen LogP) is 4.39. The van der Waals surface area contributed by atoms with Crippen LogP contribution >= 0.6 is 15.9 Å². The number of alkyl halides is 3. The Morgan fingerprint density at radius 2 is 2.00 bits per heavy atom. The molecular weight excluding hydrogens is 309 g/mol. The molecule has 0 N–H and O–H groups in total. The van der Waals surface area contributed by atoms with Crippen molar-refractivity contribution < 1.29 is 13.2 Å². The van der Waals surface area contributed by atoms with E-state index in [1.54, 1.807) is 11.8 Å². The summed E-state index contributed by atoms with van der Waals surface area (Å²) in [5, 5.41) is 0. The van der Waals surface area contributed by atoms with Gasteiger partial charge in [-0.05, 0) is 31.5 Å². The molecule has 1 rings (SSSR count). The lowest BCUT2D eigenvalue weighted by atomic mass is 10.1. The van der Waals surface area contributed by atoms with Crippen LogP contribution in [-0.2, 0) is 6.18 Å². The average Bonchev–Trinajstić information content (AvgIpc) is 2.25. The zero-order valence-corrected chi connectivity index (χ0v) is 11.9. The summed E-state index contributed by atoms with van der Waals surface area (Å²) >= 11 is 2.93. The summed E-state index contributed by atoms with van der Waals surface area (Å²) in [7, 11) is 1.81. The second-order valence-electron chi connectivity index (χ2n) is 3.93. The highest BCUT2D eigenvalue weighted by Crippen LogP contribution is 2.38. The van der Waals surface area contributed by atoms with Crippen molar-refractivity contribution >= 4 is 28.0 Å². The largest absolute Gasteiger partial charge is 0.417 e. The summed E-state index contributed by atoms with van der Waals surface area (Å²) in [6, 6.07) is 2.49. The molecule has 0 amide bonds. The van der Waals surface area contributed by atoms with E-state index >= 15 is 0 Å². The number of halogens is 4. The smallest absolute Gasteiger partial charge is 0.366 e. The Balaban J connectivity index is 3.18. The first-order valence-electron chi connectivity index (χ1n) is 5.37. The van der Waals surface area contributed by atoms with Gasteiger partial charge < -0.3 is 4.90 Å². The normalized spacial score (nSPS) is 12.2. The van der Waals surface area contributed by atoms with Gasteiger partial charge in [-0.25, -0.2) is 4.99 Å². The summed E-state index contributed by atoms with van der Waals surface area (Å²) in [4.78, 5) is 5.86. The molecule has 2 nitrogen and oxygen atoms in total. The highest BCUT2D eigenvalue weighted by molar-refractivity contribution is 9.10. The van der Waals surface area contributed by atoms with Crippen molar-refractivity contribution in [1.29, 1.82) is 0 Å². The molecular formula is C12H14BrF3N2. The van der Waals surface area contributed by atoms with E-state index < -0.39 is 11.7 Å². The summed E-state index contributed by atoms with van der Waals surface area (Å²) in [6.45, 7) is 4.40. The fourth-order valence-electron chi connectivity index (χ4n) is 1.26. The third-order valence-corrected chi connectivity index (χ3v) is 3.14. The van der Waals surface area contributed by atoms with Gasteiger partial charge in [0, 0.05) is 18.1 Å². The second kappa shape index (κ2) is 5.73. The van der Waals surface area contributed by atoms with Crippen LogP contribution in [0.4, 0.5) is 18.9 Å². The lowest BCUT2D eigenvalue weighted by Crippen LogP contribution is -2.14. The number of rotatable bonds is 3. The van der Waals surface area contributed by atoms with Gasteiger partial charge in [0.2, 0.25) is 0 Å². The van der Waals surface area contributed by atoms with E-state index in [0.717, 1.165) is 12.6 Å². The topological polar surface area (TPSA) is 15.6 Å². The Kier molecular flexibility index (Phi) is 4.78. The molecule has 1 aromatic carbocycles. The van der Waals surface area contributed by atoms with Crippen LogP contribution in [0.3, 0.4) is 0 Å². The van der Waals surface area contributed by atoms with Crippen molar-refractivity contribution in [2.75, 3.05) is 13.6 Å². The molecule has 0 aromatic heterocycles. The number of benzene rings is 1. The zero-order valence-electron chi connectivity index (χ0n) is 10.3. The summed E-state index contributed by atoms with van der Waals surface area (Å²) < 4.78 is 38.2. The third kappa shape index (κ3) is 3.73. The molecule has 100 valence electrons. The Morgan fingerprint density at radius 3 is 2.50 bits per heavy atom. The van der Waals surface area contributed by atoms with Crippen molar-refractivity contribution in [3.63, 3.8) is 0 Å². The number of hydrogen-bond acceptors (Lipinski definition) is 1. The minimum absolute atomic E-state index is 0.0373. The quantitative estimate of drug-likeness (QED) is 0.595. The summed E-state index contributed by atoms with van der Waals surface area (Å²) in [6.07, 6.45) is -2.86. The first-order chi connectivity index (χ1) is 8.25. The van der Waals surface area contributed by atoms with E-state index in [2.05, 4.69) is 20.9 Å². The second-order valence-corrected chi connectivity index (χ2v) is 4.79.